The highest BCUT2D eigenvalue weighted by atomic mass is 16.2. The lowest BCUT2D eigenvalue weighted by molar-refractivity contribution is -0.128. The first-order chi connectivity index (χ1) is 9.70. The summed E-state index contributed by atoms with van der Waals surface area (Å²) in [7, 11) is 0. The second-order valence-corrected chi connectivity index (χ2v) is 5.18. The molecule has 1 fully saturated rings. The maximum atomic E-state index is 11.4. The molecule has 0 unspecified atom stereocenters. The highest BCUT2D eigenvalue weighted by Crippen LogP contribution is 2.15. The predicted molar refractivity (Wildman–Crippen MR) is 80.5 cm³/mol. The van der Waals surface area contributed by atoms with Crippen LogP contribution in [0.5, 0.6) is 0 Å². The lowest BCUT2D eigenvalue weighted by Gasteiger charge is -2.22. The Labute approximate surface area is 121 Å². The van der Waals surface area contributed by atoms with Crippen LogP contribution in [-0.4, -0.2) is 53.4 Å². The van der Waals surface area contributed by atoms with Crippen molar-refractivity contribution in [2.75, 3.05) is 38.0 Å². The highest BCUT2D eigenvalue weighted by molar-refractivity contribution is 5.73. The monoisotopic (exact) mass is 276 g/mol. The van der Waals surface area contributed by atoms with E-state index >= 15 is 0 Å². The zero-order valence-corrected chi connectivity index (χ0v) is 12.4. The number of hydrogen-bond donors (Lipinski definition) is 1. The van der Waals surface area contributed by atoms with Gasteiger partial charge in [0.05, 0.1) is 0 Å². The van der Waals surface area contributed by atoms with Gasteiger partial charge in [-0.15, -0.1) is 0 Å². The minimum atomic E-state index is 0.182. The maximum Gasteiger partial charge on any atom is 0.219 e. The summed E-state index contributed by atoms with van der Waals surface area (Å²) in [5.41, 5.74) is 1.23. The lowest BCUT2D eigenvalue weighted by atomic mass is 10.2. The second kappa shape index (κ2) is 7.24. The molecule has 5 heteroatoms. The summed E-state index contributed by atoms with van der Waals surface area (Å²) >= 11 is 0. The summed E-state index contributed by atoms with van der Waals surface area (Å²) in [6.07, 6.45) is 2.86. The number of nitrogens with zero attached hydrogens (tertiary/aromatic N) is 3. The number of amides is 1. The first-order valence-electron chi connectivity index (χ1n) is 7.36. The number of nitrogens with one attached hydrogen (secondary N) is 1. The molecule has 0 aliphatic carbocycles. The molecule has 1 aliphatic rings. The normalized spacial score (nSPS) is 16.8. The molecule has 1 saturated heterocycles. The molecule has 0 atom stereocenters. The Morgan fingerprint density at radius 2 is 2.20 bits per heavy atom. The van der Waals surface area contributed by atoms with E-state index in [9.17, 15) is 4.79 Å². The molecule has 1 amide bonds. The van der Waals surface area contributed by atoms with Crippen molar-refractivity contribution in [1.29, 1.82) is 0 Å². The first-order valence-corrected chi connectivity index (χ1v) is 7.36. The molecule has 20 heavy (non-hydrogen) atoms. The van der Waals surface area contributed by atoms with E-state index in [1.807, 2.05) is 17.2 Å². The van der Waals surface area contributed by atoms with Gasteiger partial charge in [-0.2, -0.15) is 0 Å². The predicted octanol–water partition coefficient (Wildman–Crippen LogP) is 1.57. The molecule has 0 aromatic carbocycles. The van der Waals surface area contributed by atoms with E-state index in [1.165, 1.54) is 5.56 Å². The Morgan fingerprint density at radius 3 is 2.95 bits per heavy atom. The molecule has 5 nitrogen and oxygen atoms in total. The van der Waals surface area contributed by atoms with Gasteiger partial charge in [-0.3, -0.25) is 9.69 Å². The molecule has 0 bridgehead atoms. The van der Waals surface area contributed by atoms with E-state index < -0.39 is 0 Å². The molecule has 1 aromatic rings. The summed E-state index contributed by atoms with van der Waals surface area (Å²) in [5, 5.41) is 3.31. The van der Waals surface area contributed by atoms with Crippen LogP contribution in [0.15, 0.2) is 18.3 Å². The van der Waals surface area contributed by atoms with E-state index in [2.05, 4.69) is 28.2 Å². The van der Waals surface area contributed by atoms with Crippen molar-refractivity contribution in [3.05, 3.63) is 23.9 Å². The Hall–Kier alpha value is -1.62. The van der Waals surface area contributed by atoms with E-state index in [0.717, 1.165) is 51.5 Å². The van der Waals surface area contributed by atoms with Crippen LogP contribution in [0.1, 0.15) is 25.8 Å². The Kier molecular flexibility index (Phi) is 5.35. The lowest BCUT2D eigenvalue weighted by Crippen LogP contribution is -2.33. The van der Waals surface area contributed by atoms with Gasteiger partial charge in [0.1, 0.15) is 5.82 Å². The zero-order chi connectivity index (χ0) is 14.4. The highest BCUT2D eigenvalue weighted by Gasteiger charge is 2.17. The van der Waals surface area contributed by atoms with Crippen LogP contribution >= 0.6 is 0 Å². The van der Waals surface area contributed by atoms with Crippen LogP contribution in [0.2, 0.25) is 0 Å². The van der Waals surface area contributed by atoms with Crippen LogP contribution in [0.4, 0.5) is 5.82 Å². The minimum Gasteiger partial charge on any atom is -0.370 e. The van der Waals surface area contributed by atoms with Crippen molar-refractivity contribution in [3.63, 3.8) is 0 Å². The molecule has 1 aliphatic heterocycles. The fraction of sp³-hybridized carbons (Fsp3) is 0.600. The van der Waals surface area contributed by atoms with Crippen LogP contribution in [0.3, 0.4) is 0 Å². The topological polar surface area (TPSA) is 48.5 Å². The summed E-state index contributed by atoms with van der Waals surface area (Å²) < 4.78 is 0. The van der Waals surface area contributed by atoms with E-state index in [0.29, 0.717) is 0 Å². The van der Waals surface area contributed by atoms with Crippen molar-refractivity contribution < 1.29 is 4.79 Å². The molecular formula is C15H24N4O. The molecule has 110 valence electrons. The number of carbonyl (C=O) groups is 1. The van der Waals surface area contributed by atoms with Gasteiger partial charge in [-0.1, -0.05) is 6.07 Å². The fourth-order valence-electron chi connectivity index (χ4n) is 2.58. The second-order valence-electron chi connectivity index (χ2n) is 5.18. The van der Waals surface area contributed by atoms with E-state index in [4.69, 9.17) is 0 Å². The Bertz CT molecular complexity index is 449. The summed E-state index contributed by atoms with van der Waals surface area (Å²) in [4.78, 5) is 20.2. The number of carbonyl (C=O) groups excluding carboxylic acids is 1. The number of rotatable bonds is 4. The molecule has 0 spiro atoms. The van der Waals surface area contributed by atoms with Gasteiger partial charge in [0.2, 0.25) is 5.91 Å². The number of anilines is 1. The Balaban J connectivity index is 1.98. The van der Waals surface area contributed by atoms with Crippen molar-refractivity contribution in [2.24, 2.45) is 0 Å². The van der Waals surface area contributed by atoms with Crippen molar-refractivity contribution in [1.82, 2.24) is 14.8 Å². The van der Waals surface area contributed by atoms with Crippen molar-refractivity contribution in [2.45, 2.75) is 26.8 Å². The third-order valence-electron chi connectivity index (χ3n) is 3.66. The standard InChI is InChI=1S/C15H24N4O/c1-3-16-15-14(6-4-7-17-15)12-18-8-5-9-19(11-10-18)13(2)20/h4,6-7H,3,5,8-12H2,1-2H3,(H,16,17). The van der Waals surface area contributed by atoms with Gasteiger partial charge >= 0.3 is 0 Å². The quantitative estimate of drug-likeness (QED) is 0.907. The van der Waals surface area contributed by atoms with Gasteiger partial charge < -0.3 is 10.2 Å². The smallest absolute Gasteiger partial charge is 0.219 e. The van der Waals surface area contributed by atoms with Gasteiger partial charge in [0, 0.05) is 58.0 Å². The molecular weight excluding hydrogens is 252 g/mol. The van der Waals surface area contributed by atoms with Crippen molar-refractivity contribution >= 4 is 11.7 Å². The van der Waals surface area contributed by atoms with Gasteiger partial charge in [0.25, 0.3) is 0 Å². The van der Waals surface area contributed by atoms with Crippen molar-refractivity contribution in [3.8, 4) is 0 Å². The minimum absolute atomic E-state index is 0.182. The van der Waals surface area contributed by atoms with Crippen LogP contribution in [0, 0.1) is 0 Å². The SMILES string of the molecule is CCNc1ncccc1CN1CCCN(C(C)=O)CC1. The number of pyridine rings is 1. The molecule has 2 heterocycles. The van der Waals surface area contributed by atoms with E-state index in [-0.39, 0.29) is 5.91 Å². The number of aromatic nitrogens is 1. The van der Waals surface area contributed by atoms with Gasteiger partial charge in [-0.05, 0) is 19.4 Å². The average molecular weight is 276 g/mol. The maximum absolute atomic E-state index is 11.4. The summed E-state index contributed by atoms with van der Waals surface area (Å²) in [5.74, 6) is 1.16. The first kappa shape index (κ1) is 14.8. The third kappa shape index (κ3) is 3.93. The summed E-state index contributed by atoms with van der Waals surface area (Å²) in [6, 6.07) is 4.11. The largest absolute Gasteiger partial charge is 0.370 e. The molecule has 1 aromatic heterocycles. The zero-order valence-electron chi connectivity index (χ0n) is 12.4. The average Bonchev–Trinajstić information content (AvgIpc) is 2.67. The van der Waals surface area contributed by atoms with Gasteiger partial charge in [-0.25, -0.2) is 4.98 Å². The Morgan fingerprint density at radius 1 is 1.35 bits per heavy atom. The molecule has 2 rings (SSSR count). The molecule has 0 saturated carbocycles. The number of hydrogen-bond acceptors (Lipinski definition) is 4. The van der Waals surface area contributed by atoms with Gasteiger partial charge in [0.15, 0.2) is 0 Å². The van der Waals surface area contributed by atoms with Crippen LogP contribution in [-0.2, 0) is 11.3 Å². The van der Waals surface area contributed by atoms with Crippen LogP contribution in [0.25, 0.3) is 0 Å². The fourth-order valence-corrected chi connectivity index (χ4v) is 2.58. The third-order valence-corrected chi connectivity index (χ3v) is 3.66. The van der Waals surface area contributed by atoms with Crippen LogP contribution < -0.4 is 5.32 Å². The van der Waals surface area contributed by atoms with E-state index in [1.54, 1.807) is 6.92 Å². The summed E-state index contributed by atoms with van der Waals surface area (Å²) in [6.45, 7) is 9.16. The molecule has 1 N–H and O–H groups in total. The molecule has 0 radical (unpaired) electrons.